The summed E-state index contributed by atoms with van der Waals surface area (Å²) >= 11 is 3.27. The fraction of sp³-hybridized carbons (Fsp3) is 1.00. The van der Waals surface area contributed by atoms with Gasteiger partial charge in [0, 0.05) is 25.0 Å². The molecule has 4 nitrogen and oxygen atoms in total. The molecule has 1 atom stereocenters. The Labute approximate surface area is 101 Å². The normalized spacial score (nSPS) is 24.3. The highest BCUT2D eigenvalue weighted by atomic mass is 79.9. The van der Waals surface area contributed by atoms with Gasteiger partial charge in [0.1, 0.15) is 0 Å². The first-order valence-electron chi connectivity index (χ1n) is 5.37. The van der Waals surface area contributed by atoms with Crippen molar-refractivity contribution < 1.29 is 8.42 Å². The summed E-state index contributed by atoms with van der Waals surface area (Å²) in [5.41, 5.74) is 0. The van der Waals surface area contributed by atoms with Gasteiger partial charge in [-0.2, -0.15) is 12.7 Å². The molecule has 1 aliphatic rings. The van der Waals surface area contributed by atoms with Crippen LogP contribution in [0.3, 0.4) is 0 Å². The predicted molar refractivity (Wildman–Crippen MR) is 65.3 cm³/mol. The van der Waals surface area contributed by atoms with Crippen molar-refractivity contribution in [1.82, 2.24) is 9.03 Å². The van der Waals surface area contributed by atoms with E-state index in [1.165, 1.54) is 0 Å². The van der Waals surface area contributed by atoms with E-state index in [4.69, 9.17) is 0 Å². The van der Waals surface area contributed by atoms with Crippen molar-refractivity contribution in [2.75, 3.05) is 25.0 Å². The van der Waals surface area contributed by atoms with E-state index in [0.717, 1.165) is 24.6 Å². The molecule has 1 fully saturated rings. The minimum Gasteiger partial charge on any atom is -0.202 e. The Balaban J connectivity index is 2.45. The molecule has 0 aromatic carbocycles. The number of rotatable bonds is 5. The van der Waals surface area contributed by atoms with Gasteiger partial charge in [-0.05, 0) is 25.2 Å². The van der Waals surface area contributed by atoms with E-state index in [9.17, 15) is 8.42 Å². The lowest BCUT2D eigenvalue weighted by Crippen LogP contribution is -2.45. The molecule has 0 spiro atoms. The highest BCUT2D eigenvalue weighted by Crippen LogP contribution is 2.17. The number of hydrogen-bond donors (Lipinski definition) is 1. The number of alkyl halides is 1. The second-order valence-electron chi connectivity index (χ2n) is 4.05. The molecule has 1 unspecified atom stereocenters. The SMILES string of the molecule is CC1CCCN(S(=O)(=O)NCCCBr)C1. The Kier molecular flexibility index (Phi) is 5.52. The highest BCUT2D eigenvalue weighted by molar-refractivity contribution is 9.09. The largest absolute Gasteiger partial charge is 0.279 e. The zero-order valence-electron chi connectivity index (χ0n) is 9.08. The first-order valence-corrected chi connectivity index (χ1v) is 7.93. The van der Waals surface area contributed by atoms with Crippen molar-refractivity contribution in [3.8, 4) is 0 Å². The van der Waals surface area contributed by atoms with Gasteiger partial charge in [0.2, 0.25) is 0 Å². The van der Waals surface area contributed by atoms with Crippen molar-refractivity contribution in [2.45, 2.75) is 26.2 Å². The van der Waals surface area contributed by atoms with Crippen LogP contribution >= 0.6 is 15.9 Å². The first kappa shape index (κ1) is 13.4. The van der Waals surface area contributed by atoms with Crippen LogP contribution in [0.4, 0.5) is 0 Å². The molecule has 0 aromatic rings. The summed E-state index contributed by atoms with van der Waals surface area (Å²) in [6.07, 6.45) is 2.93. The maximum atomic E-state index is 11.8. The molecule has 0 bridgehead atoms. The van der Waals surface area contributed by atoms with Crippen molar-refractivity contribution >= 4 is 26.1 Å². The van der Waals surface area contributed by atoms with E-state index in [1.807, 2.05) is 0 Å². The van der Waals surface area contributed by atoms with Crippen molar-refractivity contribution in [2.24, 2.45) is 5.92 Å². The van der Waals surface area contributed by atoms with Gasteiger partial charge in [0.25, 0.3) is 10.2 Å². The van der Waals surface area contributed by atoms with Crippen LogP contribution in [0.5, 0.6) is 0 Å². The van der Waals surface area contributed by atoms with Gasteiger partial charge in [0.15, 0.2) is 0 Å². The second kappa shape index (κ2) is 6.18. The van der Waals surface area contributed by atoms with Gasteiger partial charge in [-0.1, -0.05) is 22.9 Å². The Morgan fingerprint density at radius 2 is 2.27 bits per heavy atom. The average Bonchev–Trinajstić information content (AvgIpc) is 2.18. The Morgan fingerprint density at radius 3 is 2.87 bits per heavy atom. The van der Waals surface area contributed by atoms with Crippen molar-refractivity contribution in [3.05, 3.63) is 0 Å². The van der Waals surface area contributed by atoms with E-state index in [0.29, 0.717) is 25.6 Å². The minimum atomic E-state index is -3.23. The Bertz CT molecular complexity index is 282. The molecule has 6 heteroatoms. The Hall–Kier alpha value is 0.350. The van der Waals surface area contributed by atoms with Gasteiger partial charge in [-0.25, -0.2) is 4.72 Å². The number of nitrogens with one attached hydrogen (secondary N) is 1. The quantitative estimate of drug-likeness (QED) is 0.615. The summed E-state index contributed by atoms with van der Waals surface area (Å²) in [5.74, 6) is 0.478. The van der Waals surface area contributed by atoms with E-state index >= 15 is 0 Å². The maximum Gasteiger partial charge on any atom is 0.279 e. The molecule has 0 saturated carbocycles. The van der Waals surface area contributed by atoms with Crippen LogP contribution in [0.1, 0.15) is 26.2 Å². The third kappa shape index (κ3) is 4.38. The zero-order valence-corrected chi connectivity index (χ0v) is 11.5. The van der Waals surface area contributed by atoms with Crippen LogP contribution in [0.2, 0.25) is 0 Å². The smallest absolute Gasteiger partial charge is 0.202 e. The van der Waals surface area contributed by atoms with Crippen molar-refractivity contribution in [3.63, 3.8) is 0 Å². The van der Waals surface area contributed by atoms with Crippen LogP contribution < -0.4 is 4.72 Å². The van der Waals surface area contributed by atoms with Gasteiger partial charge in [-0.15, -0.1) is 0 Å². The minimum absolute atomic E-state index is 0.478. The molecule has 1 saturated heterocycles. The molecular formula is C9H19BrN2O2S. The van der Waals surface area contributed by atoms with Gasteiger partial charge in [-0.3, -0.25) is 0 Å². The molecular weight excluding hydrogens is 280 g/mol. The van der Waals surface area contributed by atoms with E-state index in [2.05, 4.69) is 27.6 Å². The highest BCUT2D eigenvalue weighted by Gasteiger charge is 2.26. The van der Waals surface area contributed by atoms with E-state index in [-0.39, 0.29) is 0 Å². The van der Waals surface area contributed by atoms with E-state index < -0.39 is 10.2 Å². The summed E-state index contributed by atoms with van der Waals surface area (Å²) in [6, 6.07) is 0. The maximum absolute atomic E-state index is 11.8. The topological polar surface area (TPSA) is 49.4 Å². The molecule has 1 heterocycles. The summed E-state index contributed by atoms with van der Waals surface area (Å²) in [7, 11) is -3.23. The second-order valence-corrected chi connectivity index (χ2v) is 6.60. The zero-order chi connectivity index (χ0) is 11.3. The number of hydrogen-bond acceptors (Lipinski definition) is 2. The fourth-order valence-corrected chi connectivity index (χ4v) is 3.41. The summed E-state index contributed by atoms with van der Waals surface area (Å²) in [4.78, 5) is 0. The van der Waals surface area contributed by atoms with Crippen LogP contribution in [-0.2, 0) is 10.2 Å². The van der Waals surface area contributed by atoms with Gasteiger partial charge in [0.05, 0.1) is 0 Å². The number of nitrogens with zero attached hydrogens (tertiary/aromatic N) is 1. The molecule has 1 N–H and O–H groups in total. The molecule has 1 aliphatic heterocycles. The van der Waals surface area contributed by atoms with Crippen LogP contribution in [0.15, 0.2) is 0 Å². The lowest BCUT2D eigenvalue weighted by molar-refractivity contribution is 0.278. The molecule has 0 amide bonds. The third-order valence-corrected chi connectivity index (χ3v) is 4.70. The predicted octanol–water partition coefficient (Wildman–Crippen LogP) is 1.34. The average molecular weight is 299 g/mol. The van der Waals surface area contributed by atoms with Crippen LogP contribution in [0.25, 0.3) is 0 Å². The molecule has 1 rings (SSSR count). The third-order valence-electron chi connectivity index (χ3n) is 2.55. The monoisotopic (exact) mass is 298 g/mol. The Morgan fingerprint density at radius 1 is 1.53 bits per heavy atom. The molecule has 0 aliphatic carbocycles. The summed E-state index contributed by atoms with van der Waals surface area (Å²) < 4.78 is 27.8. The fourth-order valence-electron chi connectivity index (χ4n) is 1.72. The lowest BCUT2D eigenvalue weighted by atomic mass is 10.0. The molecule has 0 radical (unpaired) electrons. The molecule has 0 aromatic heterocycles. The molecule has 15 heavy (non-hydrogen) atoms. The standard InChI is InChI=1S/C9H19BrN2O2S/c1-9-4-2-7-12(8-9)15(13,14)11-6-3-5-10/h9,11H,2-8H2,1H3. The van der Waals surface area contributed by atoms with Gasteiger partial charge >= 0.3 is 0 Å². The molecule has 90 valence electrons. The van der Waals surface area contributed by atoms with Crippen LogP contribution in [0, 0.1) is 5.92 Å². The van der Waals surface area contributed by atoms with Gasteiger partial charge < -0.3 is 0 Å². The van der Waals surface area contributed by atoms with Crippen LogP contribution in [-0.4, -0.2) is 37.7 Å². The lowest BCUT2D eigenvalue weighted by Gasteiger charge is -2.29. The van der Waals surface area contributed by atoms with Crippen molar-refractivity contribution in [1.29, 1.82) is 0 Å². The summed E-state index contributed by atoms with van der Waals surface area (Å²) in [5, 5.41) is 0.825. The van der Waals surface area contributed by atoms with E-state index in [1.54, 1.807) is 4.31 Å². The number of halogens is 1. The number of piperidine rings is 1. The summed E-state index contributed by atoms with van der Waals surface area (Å²) in [6.45, 7) is 3.93. The first-order chi connectivity index (χ1) is 7.06.